The van der Waals surface area contributed by atoms with Crippen LogP contribution in [0.3, 0.4) is 0 Å². The highest BCUT2D eigenvalue weighted by atomic mass is 16.3. The van der Waals surface area contributed by atoms with Crippen LogP contribution in [0.25, 0.3) is 21.9 Å². The van der Waals surface area contributed by atoms with Crippen molar-refractivity contribution < 1.29 is 9.21 Å². The molecule has 1 N–H and O–H groups in total. The van der Waals surface area contributed by atoms with Crippen molar-refractivity contribution in [2.24, 2.45) is 0 Å². The molecule has 26 heavy (non-hydrogen) atoms. The van der Waals surface area contributed by atoms with Crippen LogP contribution in [0.15, 0.2) is 89.5 Å². The molecule has 1 heterocycles. The van der Waals surface area contributed by atoms with E-state index >= 15 is 0 Å². The van der Waals surface area contributed by atoms with E-state index < -0.39 is 0 Å². The van der Waals surface area contributed by atoms with Crippen LogP contribution in [0.1, 0.15) is 29.1 Å². The van der Waals surface area contributed by atoms with Gasteiger partial charge in [0.2, 0.25) is 0 Å². The molecule has 0 radical (unpaired) electrons. The van der Waals surface area contributed by atoms with E-state index in [1.807, 2.05) is 61.5 Å². The minimum atomic E-state index is -0.213. The Balaban J connectivity index is 1.57. The van der Waals surface area contributed by atoms with Crippen LogP contribution in [0.5, 0.6) is 0 Å². The first kappa shape index (κ1) is 16.2. The summed E-state index contributed by atoms with van der Waals surface area (Å²) in [4.78, 5) is 12.7. The molecule has 0 saturated heterocycles. The summed E-state index contributed by atoms with van der Waals surface area (Å²) in [5.41, 5.74) is 2.82. The van der Waals surface area contributed by atoms with Crippen molar-refractivity contribution in [2.45, 2.75) is 13.0 Å². The van der Waals surface area contributed by atoms with Gasteiger partial charge in [-0.3, -0.25) is 4.79 Å². The van der Waals surface area contributed by atoms with Gasteiger partial charge in [-0.15, -0.1) is 0 Å². The molecule has 1 amide bonds. The first-order chi connectivity index (χ1) is 12.7. The molecule has 0 aliphatic heterocycles. The predicted octanol–water partition coefficient (Wildman–Crippen LogP) is 5.59. The Bertz CT molecular complexity index is 1050. The Morgan fingerprint density at radius 2 is 1.62 bits per heavy atom. The molecule has 3 nitrogen and oxygen atoms in total. The molecular formula is C23H19NO2. The van der Waals surface area contributed by atoms with E-state index in [-0.39, 0.29) is 11.9 Å². The Labute approximate surface area is 152 Å². The lowest BCUT2D eigenvalue weighted by Gasteiger charge is -2.15. The third-order valence-corrected chi connectivity index (χ3v) is 4.58. The fourth-order valence-corrected chi connectivity index (χ4v) is 3.15. The number of benzene rings is 3. The van der Waals surface area contributed by atoms with Gasteiger partial charge in [-0.2, -0.15) is 0 Å². The first-order valence-corrected chi connectivity index (χ1v) is 8.65. The fraction of sp³-hybridized carbons (Fsp3) is 0.0870. The molecule has 4 aromatic rings. The third-order valence-electron chi connectivity index (χ3n) is 4.58. The SMILES string of the molecule is CC(NC(=O)c1occc1-c1ccccc1)c1ccc2ccccc2c1. The second kappa shape index (κ2) is 6.89. The van der Waals surface area contributed by atoms with Crippen LogP contribution in [-0.4, -0.2) is 5.91 Å². The summed E-state index contributed by atoms with van der Waals surface area (Å²) in [6.45, 7) is 1.98. The largest absolute Gasteiger partial charge is 0.459 e. The first-order valence-electron chi connectivity index (χ1n) is 8.65. The van der Waals surface area contributed by atoms with E-state index in [9.17, 15) is 4.79 Å². The molecule has 0 bridgehead atoms. The van der Waals surface area contributed by atoms with Gasteiger partial charge in [0.05, 0.1) is 12.3 Å². The van der Waals surface area contributed by atoms with E-state index in [1.54, 1.807) is 6.26 Å². The highest BCUT2D eigenvalue weighted by molar-refractivity contribution is 5.98. The molecule has 1 aromatic heterocycles. The van der Waals surface area contributed by atoms with Crippen LogP contribution >= 0.6 is 0 Å². The molecule has 1 unspecified atom stereocenters. The lowest BCUT2D eigenvalue weighted by atomic mass is 10.0. The number of carbonyl (C=O) groups is 1. The Morgan fingerprint density at radius 3 is 2.42 bits per heavy atom. The number of hydrogen-bond donors (Lipinski definition) is 1. The van der Waals surface area contributed by atoms with Gasteiger partial charge in [0, 0.05) is 5.56 Å². The van der Waals surface area contributed by atoms with E-state index in [4.69, 9.17) is 4.42 Å². The number of hydrogen-bond acceptors (Lipinski definition) is 2. The van der Waals surface area contributed by atoms with Gasteiger partial charge in [0.15, 0.2) is 5.76 Å². The Morgan fingerprint density at radius 1 is 0.885 bits per heavy atom. The van der Waals surface area contributed by atoms with Crippen molar-refractivity contribution in [1.29, 1.82) is 0 Å². The number of carbonyl (C=O) groups excluding carboxylic acids is 1. The smallest absolute Gasteiger partial charge is 0.288 e. The van der Waals surface area contributed by atoms with Gasteiger partial charge < -0.3 is 9.73 Å². The molecule has 0 aliphatic rings. The van der Waals surface area contributed by atoms with E-state index in [1.165, 1.54) is 5.39 Å². The summed E-state index contributed by atoms with van der Waals surface area (Å²) in [6, 6.07) is 25.9. The van der Waals surface area contributed by atoms with Crippen molar-refractivity contribution in [3.05, 3.63) is 96.4 Å². The summed E-state index contributed by atoms with van der Waals surface area (Å²) < 4.78 is 5.48. The molecule has 0 aliphatic carbocycles. The summed E-state index contributed by atoms with van der Waals surface area (Å²) in [5, 5.41) is 5.39. The van der Waals surface area contributed by atoms with Crippen LogP contribution in [0.2, 0.25) is 0 Å². The fourth-order valence-electron chi connectivity index (χ4n) is 3.15. The van der Waals surface area contributed by atoms with Crippen LogP contribution in [-0.2, 0) is 0 Å². The summed E-state index contributed by atoms with van der Waals surface area (Å²) >= 11 is 0. The molecule has 3 heteroatoms. The van der Waals surface area contributed by atoms with Gasteiger partial charge in [0.1, 0.15) is 0 Å². The predicted molar refractivity (Wildman–Crippen MR) is 104 cm³/mol. The van der Waals surface area contributed by atoms with Crippen LogP contribution < -0.4 is 5.32 Å². The minimum absolute atomic E-state index is 0.124. The molecule has 1 atom stereocenters. The van der Waals surface area contributed by atoms with Crippen molar-refractivity contribution in [3.63, 3.8) is 0 Å². The van der Waals surface area contributed by atoms with E-state index in [0.29, 0.717) is 5.76 Å². The second-order valence-corrected chi connectivity index (χ2v) is 6.33. The lowest BCUT2D eigenvalue weighted by Crippen LogP contribution is -2.26. The minimum Gasteiger partial charge on any atom is -0.459 e. The van der Waals surface area contributed by atoms with E-state index in [0.717, 1.165) is 22.1 Å². The summed E-state index contributed by atoms with van der Waals surface area (Å²) in [7, 11) is 0. The molecule has 0 fully saturated rings. The van der Waals surface area contributed by atoms with E-state index in [2.05, 4.69) is 29.6 Å². The maximum absolute atomic E-state index is 12.7. The van der Waals surface area contributed by atoms with Crippen molar-refractivity contribution in [2.75, 3.05) is 0 Å². The van der Waals surface area contributed by atoms with Gasteiger partial charge in [-0.1, -0.05) is 66.7 Å². The zero-order chi connectivity index (χ0) is 17.9. The molecular weight excluding hydrogens is 322 g/mol. The highest BCUT2D eigenvalue weighted by Gasteiger charge is 2.19. The highest BCUT2D eigenvalue weighted by Crippen LogP contribution is 2.26. The van der Waals surface area contributed by atoms with Crippen molar-refractivity contribution in [1.82, 2.24) is 5.32 Å². The maximum atomic E-state index is 12.7. The second-order valence-electron chi connectivity index (χ2n) is 6.33. The van der Waals surface area contributed by atoms with Crippen LogP contribution in [0, 0.1) is 0 Å². The average molecular weight is 341 g/mol. The number of nitrogens with one attached hydrogen (secondary N) is 1. The molecule has 0 spiro atoms. The Hall–Kier alpha value is -3.33. The lowest BCUT2D eigenvalue weighted by molar-refractivity contribution is 0.0913. The average Bonchev–Trinajstić information content (AvgIpc) is 3.18. The van der Waals surface area contributed by atoms with Crippen molar-refractivity contribution in [3.8, 4) is 11.1 Å². The maximum Gasteiger partial charge on any atom is 0.288 e. The van der Waals surface area contributed by atoms with Crippen molar-refractivity contribution >= 4 is 16.7 Å². The zero-order valence-corrected chi connectivity index (χ0v) is 14.5. The monoisotopic (exact) mass is 341 g/mol. The van der Waals surface area contributed by atoms with Gasteiger partial charge in [-0.25, -0.2) is 0 Å². The summed E-state index contributed by atoms with van der Waals surface area (Å²) in [6.07, 6.45) is 1.55. The number of rotatable bonds is 4. The molecule has 3 aromatic carbocycles. The molecule has 0 saturated carbocycles. The van der Waals surface area contributed by atoms with Crippen LogP contribution in [0.4, 0.5) is 0 Å². The molecule has 128 valence electrons. The number of amides is 1. The summed E-state index contributed by atoms with van der Waals surface area (Å²) in [5.74, 6) is 0.123. The third kappa shape index (κ3) is 3.11. The standard InChI is InChI=1S/C23H19NO2/c1-16(19-12-11-17-7-5-6-10-20(17)15-19)24-23(25)22-21(13-14-26-22)18-8-3-2-4-9-18/h2-16H,1H3,(H,24,25). The Kier molecular flexibility index (Phi) is 4.28. The topological polar surface area (TPSA) is 42.2 Å². The number of fused-ring (bicyclic) bond motifs is 1. The number of furan rings is 1. The normalized spacial score (nSPS) is 12.0. The quantitative estimate of drug-likeness (QED) is 0.526. The van der Waals surface area contributed by atoms with Gasteiger partial charge in [0.25, 0.3) is 5.91 Å². The van der Waals surface area contributed by atoms with Gasteiger partial charge >= 0.3 is 0 Å². The zero-order valence-electron chi connectivity index (χ0n) is 14.5. The molecule has 4 rings (SSSR count). The van der Waals surface area contributed by atoms with Gasteiger partial charge in [-0.05, 0) is 41.0 Å².